The molecule has 0 atom stereocenters. The summed E-state index contributed by atoms with van der Waals surface area (Å²) in [6, 6.07) is 44.6. The van der Waals surface area contributed by atoms with Crippen LogP contribution in [-0.4, -0.2) is 45.9 Å². The van der Waals surface area contributed by atoms with Crippen molar-refractivity contribution in [1.82, 2.24) is 19.7 Å². The Kier molecular flexibility index (Phi) is 7.78. The predicted molar refractivity (Wildman–Crippen MR) is 191 cm³/mol. The second kappa shape index (κ2) is 12.7. The van der Waals surface area contributed by atoms with Gasteiger partial charge in [0.1, 0.15) is 29.6 Å². The van der Waals surface area contributed by atoms with Gasteiger partial charge in [-0.05, 0) is 52.6 Å². The highest BCUT2D eigenvalue weighted by Crippen LogP contribution is 2.41. The van der Waals surface area contributed by atoms with Gasteiger partial charge in [0.15, 0.2) is 0 Å². The van der Waals surface area contributed by atoms with Crippen LogP contribution >= 0.6 is 0 Å². The fourth-order valence-electron chi connectivity index (χ4n) is 7.04. The van der Waals surface area contributed by atoms with E-state index in [1.807, 2.05) is 36.5 Å². The Hall–Kier alpha value is -6.33. The molecule has 238 valence electrons. The number of piperazine rings is 1. The lowest BCUT2D eigenvalue weighted by molar-refractivity contribution is 0.460. The van der Waals surface area contributed by atoms with E-state index in [0.29, 0.717) is 0 Å². The molecule has 7 nitrogen and oxygen atoms in total. The number of hydrogen-bond donors (Lipinski definition) is 0. The van der Waals surface area contributed by atoms with Gasteiger partial charge < -0.3 is 9.80 Å². The molecule has 0 aliphatic carbocycles. The maximum atomic E-state index is 13.9. The van der Waals surface area contributed by atoms with Gasteiger partial charge in [0.25, 0.3) is 0 Å². The van der Waals surface area contributed by atoms with Crippen molar-refractivity contribution < 1.29 is 4.39 Å². The first-order valence-electron chi connectivity index (χ1n) is 16.3. The Balaban J connectivity index is 1.16. The van der Waals surface area contributed by atoms with Crippen LogP contribution in [0.25, 0.3) is 22.0 Å². The van der Waals surface area contributed by atoms with Crippen molar-refractivity contribution in [3.05, 3.63) is 174 Å². The lowest BCUT2D eigenvalue weighted by atomic mass is 9.77. The smallest absolute Gasteiger partial charge is 0.141 e. The number of benzene rings is 5. The molecule has 1 aliphatic heterocycles. The third kappa shape index (κ3) is 5.35. The minimum absolute atomic E-state index is 0.0612. The monoisotopic (exact) mass is 641 g/mol. The first-order valence-corrected chi connectivity index (χ1v) is 16.3. The highest BCUT2D eigenvalue weighted by atomic mass is 19.1. The normalized spacial score (nSPS) is 13.4. The molecular formula is C41H32FN7. The van der Waals surface area contributed by atoms with Gasteiger partial charge in [0, 0.05) is 49.0 Å². The van der Waals surface area contributed by atoms with Crippen LogP contribution < -0.4 is 9.80 Å². The zero-order valence-electron chi connectivity index (χ0n) is 26.7. The molecule has 5 aromatic carbocycles. The zero-order valence-corrected chi connectivity index (χ0v) is 26.7. The standard InChI is InChI=1S/C41H32FN7/c42-38-18-17-36(24-31(38)26-43)47-20-22-48(23-21-47)40-37-25-30(16-19-39(37)44-29-45-40)32-27-46-49(28-32)41(33-10-4-1-5-11-33,34-12-6-2-7-13-34)35-14-8-3-9-15-35/h1-19,24-25,27-29H,20-23H2. The molecular weight excluding hydrogens is 609 g/mol. The lowest BCUT2D eigenvalue weighted by Gasteiger charge is -2.37. The summed E-state index contributed by atoms with van der Waals surface area (Å²) in [4.78, 5) is 13.8. The minimum atomic E-state index is -0.703. The zero-order chi connectivity index (χ0) is 33.2. The van der Waals surface area contributed by atoms with E-state index in [0.717, 1.165) is 76.4 Å². The molecule has 1 saturated heterocycles. The van der Waals surface area contributed by atoms with Gasteiger partial charge in [-0.25, -0.2) is 14.4 Å². The van der Waals surface area contributed by atoms with E-state index in [4.69, 9.17) is 10.1 Å². The van der Waals surface area contributed by atoms with Crippen LogP contribution in [-0.2, 0) is 5.54 Å². The largest absolute Gasteiger partial charge is 0.368 e. The Morgan fingerprint density at radius 2 is 1.27 bits per heavy atom. The van der Waals surface area contributed by atoms with E-state index < -0.39 is 11.4 Å². The van der Waals surface area contributed by atoms with Crippen LogP contribution in [0.1, 0.15) is 22.3 Å². The van der Waals surface area contributed by atoms with Crippen LogP contribution in [0.2, 0.25) is 0 Å². The van der Waals surface area contributed by atoms with Crippen LogP contribution in [0.15, 0.2) is 146 Å². The number of anilines is 2. The van der Waals surface area contributed by atoms with Crippen molar-refractivity contribution in [3.63, 3.8) is 0 Å². The number of nitrogens with zero attached hydrogens (tertiary/aromatic N) is 7. The summed E-state index contributed by atoms with van der Waals surface area (Å²) in [6.07, 6.45) is 5.69. The van der Waals surface area contributed by atoms with Gasteiger partial charge in [0.2, 0.25) is 0 Å². The van der Waals surface area contributed by atoms with E-state index in [2.05, 4.69) is 111 Å². The highest BCUT2D eigenvalue weighted by molar-refractivity contribution is 5.93. The fourth-order valence-corrected chi connectivity index (χ4v) is 7.04. The molecule has 49 heavy (non-hydrogen) atoms. The van der Waals surface area contributed by atoms with E-state index >= 15 is 0 Å². The van der Waals surface area contributed by atoms with Crippen LogP contribution in [0.3, 0.4) is 0 Å². The van der Waals surface area contributed by atoms with Gasteiger partial charge >= 0.3 is 0 Å². The molecule has 3 heterocycles. The number of aromatic nitrogens is 4. The number of hydrogen-bond acceptors (Lipinski definition) is 6. The summed E-state index contributed by atoms with van der Waals surface area (Å²) in [5.74, 6) is 0.382. The molecule has 0 N–H and O–H groups in total. The lowest BCUT2D eigenvalue weighted by Crippen LogP contribution is -2.47. The molecule has 1 fully saturated rings. The maximum absolute atomic E-state index is 13.9. The number of nitriles is 1. The average Bonchev–Trinajstić information content (AvgIpc) is 3.67. The summed E-state index contributed by atoms with van der Waals surface area (Å²) >= 11 is 0. The summed E-state index contributed by atoms with van der Waals surface area (Å²) in [5, 5.41) is 15.3. The van der Waals surface area contributed by atoms with E-state index in [1.54, 1.807) is 18.5 Å². The predicted octanol–water partition coefficient (Wildman–Crippen LogP) is 7.67. The van der Waals surface area contributed by atoms with Crippen LogP contribution in [0.4, 0.5) is 15.9 Å². The summed E-state index contributed by atoms with van der Waals surface area (Å²) in [6.45, 7) is 2.88. The Morgan fingerprint density at radius 3 is 1.88 bits per heavy atom. The van der Waals surface area contributed by atoms with E-state index in [9.17, 15) is 9.65 Å². The van der Waals surface area contributed by atoms with Gasteiger partial charge in [-0.2, -0.15) is 10.4 Å². The fraction of sp³-hybridized carbons (Fsp3) is 0.122. The highest BCUT2D eigenvalue weighted by Gasteiger charge is 2.39. The Bertz CT molecular complexity index is 2180. The first kappa shape index (κ1) is 30.0. The quantitative estimate of drug-likeness (QED) is 0.166. The average molecular weight is 642 g/mol. The van der Waals surface area contributed by atoms with Crippen molar-refractivity contribution >= 4 is 22.4 Å². The Labute approximate surface area is 284 Å². The molecule has 0 radical (unpaired) electrons. The molecule has 0 bridgehead atoms. The summed E-state index contributed by atoms with van der Waals surface area (Å²) in [5.41, 5.74) is 6.41. The van der Waals surface area contributed by atoms with Gasteiger partial charge in [0.05, 0.1) is 17.3 Å². The first-order chi connectivity index (χ1) is 24.1. The topological polar surface area (TPSA) is 73.9 Å². The third-order valence-electron chi connectivity index (χ3n) is 9.46. The number of rotatable bonds is 7. The van der Waals surface area contributed by atoms with Gasteiger partial charge in [-0.1, -0.05) is 97.1 Å². The van der Waals surface area contributed by atoms with Crippen molar-refractivity contribution in [3.8, 4) is 17.2 Å². The second-order valence-corrected chi connectivity index (χ2v) is 12.2. The van der Waals surface area contributed by atoms with Gasteiger partial charge in [-0.15, -0.1) is 0 Å². The van der Waals surface area contributed by atoms with Crippen molar-refractivity contribution in [1.29, 1.82) is 5.26 Å². The minimum Gasteiger partial charge on any atom is -0.368 e. The van der Waals surface area contributed by atoms with Crippen LogP contribution in [0, 0.1) is 17.1 Å². The van der Waals surface area contributed by atoms with Crippen molar-refractivity contribution in [2.45, 2.75) is 5.54 Å². The molecule has 0 saturated carbocycles. The maximum Gasteiger partial charge on any atom is 0.141 e. The molecule has 0 amide bonds. The van der Waals surface area contributed by atoms with E-state index in [-0.39, 0.29) is 5.56 Å². The summed E-state index contributed by atoms with van der Waals surface area (Å²) < 4.78 is 16.0. The second-order valence-electron chi connectivity index (χ2n) is 12.2. The third-order valence-corrected chi connectivity index (χ3v) is 9.46. The van der Waals surface area contributed by atoms with Crippen molar-refractivity contribution in [2.75, 3.05) is 36.0 Å². The van der Waals surface area contributed by atoms with Gasteiger partial charge in [-0.3, -0.25) is 4.68 Å². The molecule has 7 aromatic rings. The number of halogens is 1. The molecule has 2 aromatic heterocycles. The molecule has 0 unspecified atom stereocenters. The molecule has 8 heteroatoms. The Morgan fingerprint density at radius 1 is 0.653 bits per heavy atom. The van der Waals surface area contributed by atoms with Crippen LogP contribution in [0.5, 0.6) is 0 Å². The SMILES string of the molecule is N#Cc1cc(N2CCN(c3ncnc4ccc(-c5cnn(C(c6ccccc6)(c6ccccc6)c6ccccc6)c5)cc34)CC2)ccc1F. The molecule has 0 spiro atoms. The number of fused-ring (bicyclic) bond motifs is 1. The molecule has 8 rings (SSSR count). The van der Waals surface area contributed by atoms with E-state index in [1.165, 1.54) is 6.07 Å². The molecule has 1 aliphatic rings. The van der Waals surface area contributed by atoms with Crippen molar-refractivity contribution in [2.24, 2.45) is 0 Å². The summed E-state index contributed by atoms with van der Waals surface area (Å²) in [7, 11) is 0.